The van der Waals surface area contributed by atoms with E-state index in [2.05, 4.69) is 112 Å². The van der Waals surface area contributed by atoms with Crippen molar-refractivity contribution in [2.75, 3.05) is 0 Å². The fourth-order valence-electron chi connectivity index (χ4n) is 8.32. The number of para-hydroxylation sites is 5. The lowest BCUT2D eigenvalue weighted by molar-refractivity contribution is 0.673. The third kappa shape index (κ3) is 2.82. The molecule has 0 N–H and O–H groups in total. The predicted molar refractivity (Wildman–Crippen MR) is 193 cm³/mol. The van der Waals surface area contributed by atoms with E-state index in [1.807, 2.05) is 30.3 Å². The summed E-state index contributed by atoms with van der Waals surface area (Å²) in [5.41, 5.74) is 11.3. The molecule has 0 saturated heterocycles. The van der Waals surface area contributed by atoms with E-state index in [1.165, 1.54) is 48.9 Å². The summed E-state index contributed by atoms with van der Waals surface area (Å²) in [5, 5.41) is 10.6. The van der Waals surface area contributed by atoms with Gasteiger partial charge in [-0.2, -0.15) is 0 Å². The molecule has 0 saturated carbocycles. The minimum atomic E-state index is 0.898. The number of furan rings is 1. The summed E-state index contributed by atoms with van der Waals surface area (Å²) >= 11 is 0. The van der Waals surface area contributed by atoms with Crippen LogP contribution >= 0.6 is 0 Å². The molecule has 0 radical (unpaired) electrons. The summed E-state index contributed by atoms with van der Waals surface area (Å²) in [6.07, 6.45) is 0. The summed E-state index contributed by atoms with van der Waals surface area (Å²) in [4.78, 5) is 10.2. The number of rotatable bonds is 1. The van der Waals surface area contributed by atoms with Gasteiger partial charge in [0.05, 0.1) is 33.1 Å². The lowest BCUT2D eigenvalue weighted by Gasteiger charge is -2.11. The standard InChI is InChI=1S/C42H22N4O/c1-2-11-26-24(10-1)40-36(37-28-13-4-8-19-35(28)47-41(26)37)27-12-3-7-18-33(27)45(40)23-20-21-34-30(22-23)25-14-9-15-29-38-42(46(34)39(25)29)44-32-17-6-5-16-31(32)43-38/h1-22H. The number of hydrogen-bond acceptors (Lipinski definition) is 3. The quantitative estimate of drug-likeness (QED) is 0.189. The van der Waals surface area contributed by atoms with Crippen LogP contribution in [0.1, 0.15) is 0 Å². The van der Waals surface area contributed by atoms with Gasteiger partial charge in [-0.05, 0) is 42.5 Å². The van der Waals surface area contributed by atoms with Gasteiger partial charge in [0.1, 0.15) is 16.7 Å². The van der Waals surface area contributed by atoms with Crippen molar-refractivity contribution in [1.82, 2.24) is 18.9 Å². The maximum atomic E-state index is 6.60. The third-order valence-electron chi connectivity index (χ3n) is 10.2. The lowest BCUT2D eigenvalue weighted by atomic mass is 9.99. The molecule has 12 rings (SSSR count). The van der Waals surface area contributed by atoms with Crippen LogP contribution < -0.4 is 0 Å². The van der Waals surface area contributed by atoms with E-state index in [-0.39, 0.29) is 0 Å². The molecule has 0 aliphatic heterocycles. The Balaban J connectivity index is 1.26. The maximum absolute atomic E-state index is 6.60. The molecule has 12 aromatic rings. The third-order valence-corrected chi connectivity index (χ3v) is 10.2. The lowest BCUT2D eigenvalue weighted by Crippen LogP contribution is -1.95. The molecule has 0 bridgehead atoms. The highest BCUT2D eigenvalue weighted by Crippen LogP contribution is 2.46. The summed E-state index contributed by atoms with van der Waals surface area (Å²) in [6.45, 7) is 0. The minimum absolute atomic E-state index is 0.898. The van der Waals surface area contributed by atoms with E-state index in [0.717, 1.165) is 60.7 Å². The zero-order valence-corrected chi connectivity index (χ0v) is 24.9. The Morgan fingerprint density at radius 2 is 1.15 bits per heavy atom. The van der Waals surface area contributed by atoms with Crippen LogP contribution in [0.4, 0.5) is 0 Å². The van der Waals surface area contributed by atoms with Crippen molar-refractivity contribution >= 4 is 104 Å². The molecule has 7 aromatic carbocycles. The second kappa shape index (κ2) is 8.22. The van der Waals surface area contributed by atoms with Gasteiger partial charge in [0.25, 0.3) is 0 Å². The van der Waals surface area contributed by atoms with Gasteiger partial charge < -0.3 is 8.98 Å². The van der Waals surface area contributed by atoms with Crippen molar-refractivity contribution < 1.29 is 4.42 Å². The van der Waals surface area contributed by atoms with Crippen LogP contribution in [0.5, 0.6) is 0 Å². The Bertz CT molecular complexity index is 3310. The predicted octanol–water partition coefficient (Wildman–Crippen LogP) is 10.9. The number of fused-ring (bicyclic) bond motifs is 17. The van der Waals surface area contributed by atoms with Crippen molar-refractivity contribution in [2.24, 2.45) is 0 Å². The van der Waals surface area contributed by atoms with E-state index >= 15 is 0 Å². The highest BCUT2D eigenvalue weighted by atomic mass is 16.3. The SMILES string of the molecule is c1ccc2nc3c(nc2c1)c1cccc2c4cc(-n5c6ccccc6c6c7c8ccccc8oc7c7ccccc7c65)ccc4n3c21. The zero-order valence-electron chi connectivity index (χ0n) is 24.9. The van der Waals surface area contributed by atoms with Gasteiger partial charge in [-0.3, -0.25) is 4.40 Å². The van der Waals surface area contributed by atoms with Gasteiger partial charge in [-0.25, -0.2) is 9.97 Å². The van der Waals surface area contributed by atoms with Crippen LogP contribution in [0.3, 0.4) is 0 Å². The average Bonchev–Trinajstić information content (AvgIpc) is 3.86. The van der Waals surface area contributed by atoms with E-state index < -0.39 is 0 Å². The van der Waals surface area contributed by atoms with Gasteiger partial charge in [-0.1, -0.05) is 91.0 Å². The van der Waals surface area contributed by atoms with Crippen molar-refractivity contribution in [1.29, 1.82) is 0 Å². The molecule has 5 heterocycles. The fourth-order valence-corrected chi connectivity index (χ4v) is 8.32. The molecule has 0 atom stereocenters. The van der Waals surface area contributed by atoms with Crippen LogP contribution in [0.15, 0.2) is 138 Å². The van der Waals surface area contributed by atoms with Gasteiger partial charge in [0.2, 0.25) is 0 Å². The maximum Gasteiger partial charge on any atom is 0.165 e. The molecule has 0 aliphatic carbocycles. The minimum Gasteiger partial charge on any atom is -0.455 e. The monoisotopic (exact) mass is 598 g/mol. The Hall–Kier alpha value is -6.46. The molecule has 0 fully saturated rings. The van der Waals surface area contributed by atoms with Gasteiger partial charge in [0, 0.05) is 54.2 Å². The largest absolute Gasteiger partial charge is 0.455 e. The Labute approximate surface area is 265 Å². The molecular weight excluding hydrogens is 576 g/mol. The Kier molecular flexibility index (Phi) is 4.17. The normalized spacial score (nSPS) is 12.7. The van der Waals surface area contributed by atoms with Crippen molar-refractivity contribution in [2.45, 2.75) is 0 Å². The molecule has 0 amide bonds. The van der Waals surface area contributed by atoms with E-state index in [1.54, 1.807) is 0 Å². The second-order valence-electron chi connectivity index (χ2n) is 12.5. The number of benzene rings is 7. The first kappa shape index (κ1) is 23.9. The molecule has 5 nitrogen and oxygen atoms in total. The molecule has 0 aliphatic rings. The molecule has 5 aromatic heterocycles. The Morgan fingerprint density at radius 3 is 2.04 bits per heavy atom. The highest BCUT2D eigenvalue weighted by molar-refractivity contribution is 6.36. The molecular formula is C42H22N4O. The van der Waals surface area contributed by atoms with Crippen LogP contribution in [0.2, 0.25) is 0 Å². The van der Waals surface area contributed by atoms with Crippen molar-refractivity contribution in [3.63, 3.8) is 0 Å². The summed E-state index contributed by atoms with van der Waals surface area (Å²) in [5.74, 6) is 0. The van der Waals surface area contributed by atoms with E-state index in [9.17, 15) is 0 Å². The van der Waals surface area contributed by atoms with Gasteiger partial charge in [-0.15, -0.1) is 0 Å². The van der Waals surface area contributed by atoms with Gasteiger partial charge in [0.15, 0.2) is 5.65 Å². The molecule has 0 spiro atoms. The smallest absolute Gasteiger partial charge is 0.165 e. The molecule has 0 unspecified atom stereocenters. The van der Waals surface area contributed by atoms with Crippen LogP contribution in [-0.4, -0.2) is 18.9 Å². The number of nitrogens with zero attached hydrogens (tertiary/aromatic N) is 4. The fraction of sp³-hybridized carbons (Fsp3) is 0. The zero-order chi connectivity index (χ0) is 30.4. The average molecular weight is 599 g/mol. The van der Waals surface area contributed by atoms with E-state index in [0.29, 0.717) is 0 Å². The summed E-state index contributed by atoms with van der Waals surface area (Å²) in [6, 6.07) is 47.4. The first-order chi connectivity index (χ1) is 23.3. The number of hydrogen-bond donors (Lipinski definition) is 0. The number of aromatic nitrogens is 4. The molecule has 5 heteroatoms. The summed E-state index contributed by atoms with van der Waals surface area (Å²) in [7, 11) is 0. The van der Waals surface area contributed by atoms with Crippen molar-refractivity contribution in [3.8, 4) is 5.69 Å². The van der Waals surface area contributed by atoms with Crippen LogP contribution in [0.25, 0.3) is 110 Å². The van der Waals surface area contributed by atoms with Crippen LogP contribution in [-0.2, 0) is 0 Å². The molecule has 47 heavy (non-hydrogen) atoms. The highest BCUT2D eigenvalue weighted by Gasteiger charge is 2.24. The first-order valence-corrected chi connectivity index (χ1v) is 15.9. The Morgan fingerprint density at radius 1 is 0.468 bits per heavy atom. The topological polar surface area (TPSA) is 48.3 Å². The molecule has 216 valence electrons. The van der Waals surface area contributed by atoms with Crippen LogP contribution in [0, 0.1) is 0 Å². The second-order valence-corrected chi connectivity index (χ2v) is 12.5. The van der Waals surface area contributed by atoms with Gasteiger partial charge >= 0.3 is 0 Å². The summed E-state index contributed by atoms with van der Waals surface area (Å²) < 4.78 is 11.4. The van der Waals surface area contributed by atoms with E-state index in [4.69, 9.17) is 14.4 Å². The first-order valence-electron chi connectivity index (χ1n) is 15.9. The van der Waals surface area contributed by atoms with Crippen molar-refractivity contribution in [3.05, 3.63) is 133 Å².